The van der Waals surface area contributed by atoms with E-state index >= 15 is 0 Å². The topological polar surface area (TPSA) is 63.6 Å². The summed E-state index contributed by atoms with van der Waals surface area (Å²) in [5.41, 5.74) is 2.28. The Morgan fingerprint density at radius 1 is 1.09 bits per heavy atom. The summed E-state index contributed by atoms with van der Waals surface area (Å²) in [4.78, 5) is 0. The molecule has 5 heteroatoms. The molecule has 0 saturated carbocycles. The van der Waals surface area contributed by atoms with Gasteiger partial charge in [-0.2, -0.15) is 0 Å². The van der Waals surface area contributed by atoms with E-state index in [-0.39, 0.29) is 5.75 Å². The molecule has 0 aromatic heterocycles. The molecule has 2 rings (SSSR count). The molecular formula is C18H22O4S. The fourth-order valence-electron chi connectivity index (χ4n) is 2.44. The van der Waals surface area contributed by atoms with Gasteiger partial charge in [-0.15, -0.1) is 0 Å². The van der Waals surface area contributed by atoms with Gasteiger partial charge in [-0.25, -0.2) is 8.42 Å². The number of benzene rings is 2. The second-order valence-corrected chi connectivity index (χ2v) is 8.04. The van der Waals surface area contributed by atoms with Crippen molar-refractivity contribution in [2.24, 2.45) is 0 Å². The Kier molecular flexibility index (Phi) is 5.44. The molecule has 0 saturated heterocycles. The fraction of sp³-hybridized carbons (Fsp3) is 0.333. The molecule has 1 N–H and O–H groups in total. The van der Waals surface area contributed by atoms with Gasteiger partial charge < -0.3 is 9.84 Å². The van der Waals surface area contributed by atoms with Gasteiger partial charge in [0.1, 0.15) is 5.75 Å². The minimum absolute atomic E-state index is 0.324. The lowest BCUT2D eigenvalue weighted by Gasteiger charge is -2.17. The average Bonchev–Trinajstić information content (AvgIpc) is 2.53. The van der Waals surface area contributed by atoms with Crippen molar-refractivity contribution in [1.82, 2.24) is 0 Å². The Hall–Kier alpha value is -1.85. The molecule has 23 heavy (non-hydrogen) atoms. The molecule has 0 radical (unpaired) electrons. The Morgan fingerprint density at radius 3 is 2.39 bits per heavy atom. The molecule has 0 bridgehead atoms. The number of methoxy groups -OCH3 is 1. The fourth-order valence-corrected chi connectivity index (χ4v) is 3.92. The molecule has 0 fully saturated rings. The summed E-state index contributed by atoms with van der Waals surface area (Å²) >= 11 is 0. The number of hydrogen-bond donors (Lipinski definition) is 1. The smallest absolute Gasteiger partial charge is 0.159 e. The van der Waals surface area contributed by atoms with Crippen molar-refractivity contribution >= 4 is 9.84 Å². The van der Waals surface area contributed by atoms with E-state index < -0.39 is 21.2 Å². The van der Waals surface area contributed by atoms with Gasteiger partial charge >= 0.3 is 0 Å². The van der Waals surface area contributed by atoms with E-state index in [1.807, 2.05) is 25.1 Å². The van der Waals surface area contributed by atoms with Gasteiger partial charge in [-0.1, -0.05) is 42.0 Å². The van der Waals surface area contributed by atoms with E-state index in [0.29, 0.717) is 11.3 Å². The van der Waals surface area contributed by atoms with Gasteiger partial charge in [0.05, 0.1) is 24.2 Å². The van der Waals surface area contributed by atoms with Gasteiger partial charge in [0, 0.05) is 0 Å². The molecule has 0 aliphatic carbocycles. The largest absolute Gasteiger partial charge is 0.497 e. The molecule has 0 heterocycles. The van der Waals surface area contributed by atoms with E-state index in [1.165, 1.54) is 7.11 Å². The number of rotatable bonds is 6. The van der Waals surface area contributed by atoms with E-state index in [9.17, 15) is 13.5 Å². The highest BCUT2D eigenvalue weighted by Crippen LogP contribution is 2.28. The quantitative estimate of drug-likeness (QED) is 0.881. The van der Waals surface area contributed by atoms with Crippen molar-refractivity contribution in [2.75, 3.05) is 12.9 Å². The maximum atomic E-state index is 12.6. The zero-order valence-corrected chi connectivity index (χ0v) is 14.4. The molecule has 4 nitrogen and oxygen atoms in total. The average molecular weight is 334 g/mol. The van der Waals surface area contributed by atoms with E-state index in [1.54, 1.807) is 37.3 Å². The SMILES string of the molecule is COc1cccc(C(O)CS(=O)(=O)C(C)c2cccc(C)c2)c1. The highest BCUT2D eigenvalue weighted by molar-refractivity contribution is 7.91. The van der Waals surface area contributed by atoms with Crippen molar-refractivity contribution in [3.8, 4) is 5.75 Å². The first kappa shape index (κ1) is 17.5. The van der Waals surface area contributed by atoms with Crippen LogP contribution in [-0.2, 0) is 9.84 Å². The van der Waals surface area contributed by atoms with Crippen molar-refractivity contribution in [2.45, 2.75) is 25.2 Å². The lowest BCUT2D eigenvalue weighted by atomic mass is 10.1. The Morgan fingerprint density at radius 2 is 1.74 bits per heavy atom. The third kappa shape index (κ3) is 4.33. The lowest BCUT2D eigenvalue weighted by Crippen LogP contribution is -2.19. The second kappa shape index (κ2) is 7.15. The molecule has 0 aliphatic heterocycles. The normalized spacial score (nSPS) is 14.3. The van der Waals surface area contributed by atoms with Gasteiger partial charge in [0.15, 0.2) is 9.84 Å². The third-order valence-corrected chi connectivity index (χ3v) is 6.05. The summed E-state index contributed by atoms with van der Waals surface area (Å²) in [6, 6.07) is 14.3. The second-order valence-electron chi connectivity index (χ2n) is 5.68. The Labute approximate surface area is 137 Å². The van der Waals surface area contributed by atoms with Crippen LogP contribution >= 0.6 is 0 Å². The number of hydrogen-bond acceptors (Lipinski definition) is 4. The first-order valence-electron chi connectivity index (χ1n) is 7.43. The molecule has 0 aliphatic rings. The predicted molar refractivity (Wildman–Crippen MR) is 91.3 cm³/mol. The number of aliphatic hydroxyl groups is 1. The van der Waals surface area contributed by atoms with Gasteiger partial charge in [0.25, 0.3) is 0 Å². The lowest BCUT2D eigenvalue weighted by molar-refractivity contribution is 0.201. The van der Waals surface area contributed by atoms with Gasteiger partial charge in [0.2, 0.25) is 0 Å². The van der Waals surface area contributed by atoms with Crippen molar-refractivity contribution in [3.05, 3.63) is 65.2 Å². The highest BCUT2D eigenvalue weighted by atomic mass is 32.2. The molecule has 0 amide bonds. The Bertz CT molecular complexity index is 768. The van der Waals surface area contributed by atoms with Crippen molar-refractivity contribution in [3.63, 3.8) is 0 Å². The van der Waals surface area contributed by atoms with Crippen LogP contribution in [0.25, 0.3) is 0 Å². The van der Waals surface area contributed by atoms with E-state index in [0.717, 1.165) is 11.1 Å². The monoisotopic (exact) mass is 334 g/mol. The molecule has 2 aromatic rings. The standard InChI is InChI=1S/C18H22O4S/c1-13-6-4-7-15(10-13)14(2)23(20,21)12-18(19)16-8-5-9-17(11-16)22-3/h4-11,14,18-19H,12H2,1-3H3. The molecule has 0 spiro atoms. The van der Waals surface area contributed by atoms with Crippen LogP contribution in [0.1, 0.15) is 35.0 Å². The third-order valence-electron chi connectivity index (χ3n) is 3.92. The number of ether oxygens (including phenoxy) is 1. The zero-order chi connectivity index (χ0) is 17.0. The first-order chi connectivity index (χ1) is 10.8. The highest BCUT2D eigenvalue weighted by Gasteiger charge is 2.26. The van der Waals surface area contributed by atoms with Crippen LogP contribution in [0.5, 0.6) is 5.75 Å². The van der Waals surface area contributed by atoms with Crippen LogP contribution in [-0.4, -0.2) is 26.4 Å². The van der Waals surface area contributed by atoms with Crippen LogP contribution in [0, 0.1) is 6.92 Å². The summed E-state index contributed by atoms with van der Waals surface area (Å²) in [6.07, 6.45) is -1.08. The Balaban J connectivity index is 2.19. The molecular weight excluding hydrogens is 312 g/mol. The molecule has 2 atom stereocenters. The van der Waals surface area contributed by atoms with Crippen LogP contribution in [0.15, 0.2) is 48.5 Å². The summed E-state index contributed by atoms with van der Waals surface area (Å²) in [5, 5.41) is 9.63. The number of aryl methyl sites for hydroxylation is 1. The van der Waals surface area contributed by atoms with E-state index in [2.05, 4.69) is 0 Å². The maximum Gasteiger partial charge on any atom is 0.159 e. The van der Waals surface area contributed by atoms with Gasteiger partial charge in [-0.3, -0.25) is 0 Å². The van der Waals surface area contributed by atoms with Crippen LogP contribution in [0.2, 0.25) is 0 Å². The minimum atomic E-state index is -3.49. The van der Waals surface area contributed by atoms with Crippen LogP contribution < -0.4 is 4.74 Å². The zero-order valence-electron chi connectivity index (χ0n) is 13.6. The minimum Gasteiger partial charge on any atom is -0.497 e. The molecule has 2 aromatic carbocycles. The van der Waals surface area contributed by atoms with Crippen LogP contribution in [0.3, 0.4) is 0 Å². The van der Waals surface area contributed by atoms with Crippen LogP contribution in [0.4, 0.5) is 0 Å². The number of sulfone groups is 1. The molecule has 124 valence electrons. The van der Waals surface area contributed by atoms with Crippen molar-refractivity contribution < 1.29 is 18.3 Å². The summed E-state index contributed by atoms with van der Waals surface area (Å²) in [7, 11) is -1.96. The summed E-state index contributed by atoms with van der Waals surface area (Å²) < 4.78 is 30.3. The predicted octanol–water partition coefficient (Wildman–Crippen LogP) is 3.21. The van der Waals surface area contributed by atoms with Gasteiger partial charge in [-0.05, 0) is 37.1 Å². The summed E-state index contributed by atoms with van der Waals surface area (Å²) in [6.45, 7) is 3.58. The van der Waals surface area contributed by atoms with Crippen molar-refractivity contribution in [1.29, 1.82) is 0 Å². The first-order valence-corrected chi connectivity index (χ1v) is 9.15. The number of aliphatic hydroxyl groups excluding tert-OH is 1. The summed E-state index contributed by atoms with van der Waals surface area (Å²) in [5.74, 6) is 0.264. The maximum absolute atomic E-state index is 12.6. The molecule has 2 unspecified atom stereocenters. The van der Waals surface area contributed by atoms with E-state index in [4.69, 9.17) is 4.74 Å².